The van der Waals surface area contributed by atoms with Gasteiger partial charge in [0.05, 0.1) is 18.2 Å². The van der Waals surface area contributed by atoms with Crippen molar-refractivity contribution in [2.45, 2.75) is 38.5 Å². The Bertz CT molecular complexity index is 1190. The SMILES string of the molecule is C[C@H]1C[C@@H](NC(=O)[C@@H](CC[S+](C)C)NC(=O)OCc2ccccc2)CN(c2ccnc3nccnc23)C1. The number of rotatable bonds is 9. The van der Waals surface area contributed by atoms with Gasteiger partial charge in [-0.2, -0.15) is 0 Å². The van der Waals surface area contributed by atoms with Crippen LogP contribution < -0.4 is 15.5 Å². The molecule has 0 spiro atoms. The Morgan fingerprint density at radius 1 is 1.08 bits per heavy atom. The van der Waals surface area contributed by atoms with E-state index in [0.29, 0.717) is 24.5 Å². The topological polar surface area (TPSA) is 109 Å². The number of nitrogens with one attached hydrogen (secondary N) is 2. The van der Waals surface area contributed by atoms with Gasteiger partial charge >= 0.3 is 6.09 Å². The number of benzene rings is 1. The molecule has 3 heterocycles. The Hall–Kier alpha value is -3.40. The van der Waals surface area contributed by atoms with Crippen molar-refractivity contribution < 1.29 is 14.3 Å². The summed E-state index contributed by atoms with van der Waals surface area (Å²) in [6.45, 7) is 3.83. The third-order valence-corrected chi connectivity index (χ3v) is 7.39. The van der Waals surface area contributed by atoms with Crippen LogP contribution in [0.15, 0.2) is 55.0 Å². The van der Waals surface area contributed by atoms with Gasteiger partial charge < -0.3 is 20.3 Å². The van der Waals surface area contributed by atoms with E-state index in [0.717, 1.165) is 35.5 Å². The molecule has 37 heavy (non-hydrogen) atoms. The smallest absolute Gasteiger partial charge is 0.408 e. The number of amides is 2. The molecule has 1 aliphatic heterocycles. The van der Waals surface area contributed by atoms with Crippen molar-refractivity contribution in [2.75, 3.05) is 36.3 Å². The van der Waals surface area contributed by atoms with Crippen LogP contribution in [0.5, 0.6) is 0 Å². The fourth-order valence-corrected chi connectivity index (χ4v) is 5.31. The number of fused-ring (bicyclic) bond motifs is 1. The summed E-state index contributed by atoms with van der Waals surface area (Å²) in [5, 5.41) is 6.00. The molecular weight excluding hydrogens is 488 g/mol. The van der Waals surface area contributed by atoms with Crippen molar-refractivity contribution in [3.63, 3.8) is 0 Å². The monoisotopic (exact) mass is 523 g/mol. The zero-order chi connectivity index (χ0) is 26.2. The predicted molar refractivity (Wildman–Crippen MR) is 148 cm³/mol. The summed E-state index contributed by atoms with van der Waals surface area (Å²) in [7, 11) is 0.143. The van der Waals surface area contributed by atoms with Crippen molar-refractivity contribution in [3.8, 4) is 0 Å². The maximum absolute atomic E-state index is 13.4. The van der Waals surface area contributed by atoms with Gasteiger partial charge in [0, 0.05) is 44.1 Å². The number of anilines is 1. The van der Waals surface area contributed by atoms with Gasteiger partial charge in [-0.05, 0) is 34.9 Å². The number of nitrogens with zero attached hydrogens (tertiary/aromatic N) is 4. The normalized spacial score (nSPS) is 18.4. The molecule has 1 saturated heterocycles. The summed E-state index contributed by atoms with van der Waals surface area (Å²) in [6.07, 6.45) is 10.1. The van der Waals surface area contributed by atoms with E-state index < -0.39 is 12.1 Å². The second-order valence-electron chi connectivity index (χ2n) is 9.75. The predicted octanol–water partition coefficient (Wildman–Crippen LogP) is 2.92. The summed E-state index contributed by atoms with van der Waals surface area (Å²) in [5.74, 6) is 1.02. The molecule has 0 radical (unpaired) electrons. The molecule has 4 rings (SSSR count). The minimum Gasteiger partial charge on any atom is -0.445 e. The number of hydrogen-bond acceptors (Lipinski definition) is 7. The minimum atomic E-state index is -0.656. The van der Waals surface area contributed by atoms with Crippen LogP contribution in [0, 0.1) is 5.92 Å². The number of piperidine rings is 1. The number of alkyl carbamates (subject to hydrolysis) is 1. The Labute approximate surface area is 220 Å². The summed E-state index contributed by atoms with van der Waals surface area (Å²) in [4.78, 5) is 41.3. The molecule has 2 N–H and O–H groups in total. The lowest BCUT2D eigenvalue weighted by Gasteiger charge is -2.38. The number of pyridine rings is 1. The van der Waals surface area contributed by atoms with Crippen molar-refractivity contribution in [2.24, 2.45) is 5.92 Å². The zero-order valence-corrected chi connectivity index (χ0v) is 22.4. The van der Waals surface area contributed by atoms with E-state index in [1.165, 1.54) is 0 Å². The van der Waals surface area contributed by atoms with Crippen LogP contribution in [-0.2, 0) is 27.0 Å². The maximum Gasteiger partial charge on any atom is 0.408 e. The summed E-state index contributed by atoms with van der Waals surface area (Å²) in [6, 6.07) is 10.7. The Kier molecular flexibility index (Phi) is 9.16. The van der Waals surface area contributed by atoms with Crippen LogP contribution in [0.25, 0.3) is 11.2 Å². The van der Waals surface area contributed by atoms with Crippen LogP contribution in [0.2, 0.25) is 0 Å². The molecule has 10 heteroatoms. The second-order valence-corrected chi connectivity index (χ2v) is 12.1. The fourth-order valence-electron chi connectivity index (χ4n) is 4.60. The zero-order valence-electron chi connectivity index (χ0n) is 21.6. The lowest BCUT2D eigenvalue weighted by Crippen LogP contribution is -2.55. The Balaban J connectivity index is 1.41. The van der Waals surface area contributed by atoms with Crippen LogP contribution in [0.3, 0.4) is 0 Å². The maximum atomic E-state index is 13.4. The largest absolute Gasteiger partial charge is 0.445 e. The van der Waals surface area contributed by atoms with Gasteiger partial charge in [0.1, 0.15) is 23.9 Å². The summed E-state index contributed by atoms with van der Waals surface area (Å²) in [5.41, 5.74) is 3.21. The fraction of sp³-hybridized carbons (Fsp3) is 0.444. The van der Waals surface area contributed by atoms with E-state index in [1.807, 2.05) is 36.4 Å². The highest BCUT2D eigenvalue weighted by atomic mass is 32.2. The number of hydrogen-bond donors (Lipinski definition) is 2. The average molecular weight is 524 g/mol. The first-order valence-electron chi connectivity index (χ1n) is 12.5. The van der Waals surface area contributed by atoms with Crippen molar-refractivity contribution in [1.29, 1.82) is 0 Å². The second kappa shape index (κ2) is 12.7. The van der Waals surface area contributed by atoms with Gasteiger partial charge in [-0.15, -0.1) is 0 Å². The van der Waals surface area contributed by atoms with E-state index in [4.69, 9.17) is 4.74 Å². The summed E-state index contributed by atoms with van der Waals surface area (Å²) >= 11 is 0. The molecule has 9 nitrogen and oxygen atoms in total. The third kappa shape index (κ3) is 7.55. The highest BCUT2D eigenvalue weighted by molar-refractivity contribution is 7.95. The van der Waals surface area contributed by atoms with Crippen LogP contribution in [0.4, 0.5) is 10.5 Å². The molecule has 0 bridgehead atoms. The standard InChI is InChI=1S/C27H34N6O3S/c1-19-15-21(17-33(16-19)23-9-11-29-25-24(23)28-12-13-30-25)31-26(34)22(10-14-37(2)3)32-27(35)36-18-20-7-5-4-6-8-20/h4-9,11-13,19,21-22H,10,14-18H2,1-3H3,(H-,31,32,34,35)/p+1/t19-,21+,22+/m0/s1. The van der Waals surface area contributed by atoms with E-state index in [9.17, 15) is 9.59 Å². The number of carbonyl (C=O) groups is 2. The van der Waals surface area contributed by atoms with E-state index in [1.54, 1.807) is 18.6 Å². The summed E-state index contributed by atoms with van der Waals surface area (Å²) < 4.78 is 5.38. The minimum absolute atomic E-state index is 0.0673. The van der Waals surface area contributed by atoms with Crippen LogP contribution in [0.1, 0.15) is 25.3 Å². The molecule has 196 valence electrons. The molecule has 2 aromatic heterocycles. The first kappa shape index (κ1) is 26.7. The highest BCUT2D eigenvalue weighted by Gasteiger charge is 2.31. The molecule has 1 fully saturated rings. The molecular formula is C27H35N6O3S+. The van der Waals surface area contributed by atoms with Gasteiger partial charge in [-0.1, -0.05) is 37.3 Å². The van der Waals surface area contributed by atoms with Crippen molar-refractivity contribution >= 4 is 39.7 Å². The molecule has 3 atom stereocenters. The first-order valence-corrected chi connectivity index (χ1v) is 14.7. The molecule has 0 saturated carbocycles. The van der Waals surface area contributed by atoms with Crippen LogP contribution >= 0.6 is 0 Å². The first-order chi connectivity index (χ1) is 17.9. The lowest BCUT2D eigenvalue weighted by molar-refractivity contribution is -0.124. The molecule has 2 amide bonds. The van der Waals surface area contributed by atoms with Gasteiger partial charge in [-0.25, -0.2) is 19.7 Å². The Morgan fingerprint density at radius 3 is 2.62 bits per heavy atom. The third-order valence-electron chi connectivity index (χ3n) is 6.33. The quantitative estimate of drug-likeness (QED) is 0.415. The number of carbonyl (C=O) groups excluding carboxylic acids is 2. The number of aromatic nitrogens is 3. The molecule has 1 aliphatic rings. The molecule has 0 aliphatic carbocycles. The van der Waals surface area contributed by atoms with Gasteiger partial charge in [0.15, 0.2) is 5.65 Å². The molecule has 0 unspecified atom stereocenters. The van der Waals surface area contributed by atoms with Crippen LogP contribution in [-0.4, -0.2) is 70.4 Å². The van der Waals surface area contributed by atoms with E-state index >= 15 is 0 Å². The average Bonchev–Trinajstić information content (AvgIpc) is 2.89. The lowest BCUT2D eigenvalue weighted by atomic mass is 9.95. The molecule has 3 aromatic rings. The van der Waals surface area contributed by atoms with Gasteiger partial charge in [0.25, 0.3) is 0 Å². The van der Waals surface area contributed by atoms with E-state index in [2.05, 4.69) is 49.9 Å². The highest BCUT2D eigenvalue weighted by Crippen LogP contribution is 2.27. The van der Waals surface area contributed by atoms with Crippen molar-refractivity contribution in [1.82, 2.24) is 25.6 Å². The van der Waals surface area contributed by atoms with Gasteiger partial charge in [0.2, 0.25) is 5.91 Å². The van der Waals surface area contributed by atoms with Crippen molar-refractivity contribution in [3.05, 3.63) is 60.6 Å². The number of ether oxygens (including phenoxy) is 1. The van der Waals surface area contributed by atoms with Gasteiger partial charge in [-0.3, -0.25) is 4.79 Å². The van der Waals surface area contributed by atoms with E-state index in [-0.39, 0.29) is 29.5 Å². The molecule has 1 aromatic carbocycles. The Morgan fingerprint density at radius 2 is 1.84 bits per heavy atom.